The predicted molar refractivity (Wildman–Crippen MR) is 87.1 cm³/mol. The van der Waals surface area contributed by atoms with Gasteiger partial charge in [-0.15, -0.1) is 0 Å². The second-order valence-corrected chi connectivity index (χ2v) is 6.42. The Morgan fingerprint density at radius 1 is 1.30 bits per heavy atom. The summed E-state index contributed by atoms with van der Waals surface area (Å²) >= 11 is 0. The van der Waals surface area contributed by atoms with Crippen LogP contribution in [0.1, 0.15) is 25.3 Å². The molecule has 6 heteroatoms. The number of carbonyl (C=O) groups excluding carboxylic acids is 1. The zero-order valence-corrected chi connectivity index (χ0v) is 13.2. The van der Waals surface area contributed by atoms with Crippen LogP contribution in [0.4, 0.5) is 0 Å². The maximum Gasteiger partial charge on any atom is 0.330 e. The molecule has 23 heavy (non-hydrogen) atoms. The summed E-state index contributed by atoms with van der Waals surface area (Å²) in [5.41, 5.74) is 1.49. The van der Waals surface area contributed by atoms with Gasteiger partial charge < -0.3 is 4.90 Å². The van der Waals surface area contributed by atoms with Gasteiger partial charge >= 0.3 is 5.69 Å². The largest absolute Gasteiger partial charge is 0.340 e. The molecule has 0 aromatic carbocycles. The smallest absolute Gasteiger partial charge is 0.330 e. The van der Waals surface area contributed by atoms with E-state index in [0.717, 1.165) is 31.3 Å². The van der Waals surface area contributed by atoms with Crippen molar-refractivity contribution in [3.63, 3.8) is 0 Å². The molecule has 0 N–H and O–H groups in total. The number of aryl methyl sites for hydroxylation is 1. The number of allylic oxidation sites excluding steroid dienone is 2. The van der Waals surface area contributed by atoms with E-state index in [9.17, 15) is 9.59 Å². The Hall–Kier alpha value is -2.37. The van der Waals surface area contributed by atoms with Crippen LogP contribution in [0.3, 0.4) is 0 Å². The van der Waals surface area contributed by atoms with Crippen molar-refractivity contribution in [2.45, 2.75) is 25.3 Å². The minimum absolute atomic E-state index is 0.0133. The van der Waals surface area contributed by atoms with Crippen LogP contribution in [0, 0.1) is 5.92 Å². The molecule has 0 unspecified atom stereocenters. The van der Waals surface area contributed by atoms with E-state index in [2.05, 4.69) is 17.1 Å². The van der Waals surface area contributed by atoms with Crippen LogP contribution in [-0.4, -0.2) is 38.0 Å². The standard InChI is InChI=1S/C17H20N4O2/c1-19-14-7-4-9-18-15(14)21(17(19)23)13-8-10-20(11-13)16(22)12-5-2-3-6-12/h2-4,7,9,12-13H,5-6,8,10-11H2,1H3/t13-/m1/s1. The first-order chi connectivity index (χ1) is 11.2. The summed E-state index contributed by atoms with van der Waals surface area (Å²) in [4.78, 5) is 31.4. The van der Waals surface area contributed by atoms with E-state index in [1.165, 1.54) is 0 Å². The van der Waals surface area contributed by atoms with E-state index >= 15 is 0 Å². The van der Waals surface area contributed by atoms with E-state index in [1.807, 2.05) is 17.0 Å². The van der Waals surface area contributed by atoms with Gasteiger partial charge in [-0.25, -0.2) is 9.78 Å². The second-order valence-electron chi connectivity index (χ2n) is 6.42. The highest BCUT2D eigenvalue weighted by atomic mass is 16.2. The number of nitrogens with zero attached hydrogens (tertiary/aromatic N) is 4. The molecule has 1 atom stereocenters. The Labute approximate surface area is 134 Å². The Balaban J connectivity index is 1.62. The third-order valence-electron chi connectivity index (χ3n) is 5.05. The topological polar surface area (TPSA) is 60.1 Å². The fourth-order valence-electron chi connectivity index (χ4n) is 3.75. The highest BCUT2D eigenvalue weighted by Crippen LogP contribution is 2.27. The SMILES string of the molecule is Cn1c(=O)n([C@@H]2CCN(C(=O)C3CC=CC3)C2)c2ncccc21. The van der Waals surface area contributed by atoms with Gasteiger partial charge in [0.05, 0.1) is 11.6 Å². The summed E-state index contributed by atoms with van der Waals surface area (Å²) in [5, 5.41) is 0. The van der Waals surface area contributed by atoms with Crippen LogP contribution >= 0.6 is 0 Å². The Bertz CT molecular complexity index is 840. The summed E-state index contributed by atoms with van der Waals surface area (Å²) in [7, 11) is 1.77. The third-order valence-corrected chi connectivity index (χ3v) is 5.05. The summed E-state index contributed by atoms with van der Waals surface area (Å²) in [6, 6.07) is 3.76. The number of hydrogen-bond donors (Lipinski definition) is 0. The van der Waals surface area contributed by atoms with Crippen molar-refractivity contribution in [3.05, 3.63) is 41.0 Å². The predicted octanol–water partition coefficient (Wildman–Crippen LogP) is 1.47. The minimum atomic E-state index is -0.0551. The van der Waals surface area contributed by atoms with Gasteiger partial charge in [-0.2, -0.15) is 0 Å². The quantitative estimate of drug-likeness (QED) is 0.789. The average molecular weight is 312 g/mol. The van der Waals surface area contributed by atoms with Crippen LogP contribution < -0.4 is 5.69 Å². The average Bonchev–Trinajstić information content (AvgIpc) is 3.29. The van der Waals surface area contributed by atoms with Gasteiger partial charge in [0.2, 0.25) is 5.91 Å². The number of carbonyl (C=O) groups is 1. The lowest BCUT2D eigenvalue weighted by Gasteiger charge is -2.20. The van der Waals surface area contributed by atoms with Crippen molar-refractivity contribution >= 4 is 17.1 Å². The van der Waals surface area contributed by atoms with Crippen molar-refractivity contribution in [1.82, 2.24) is 19.0 Å². The first-order valence-corrected chi connectivity index (χ1v) is 8.12. The number of rotatable bonds is 2. The van der Waals surface area contributed by atoms with Gasteiger partial charge in [0, 0.05) is 32.3 Å². The molecule has 1 saturated heterocycles. The van der Waals surface area contributed by atoms with Gasteiger partial charge in [0.1, 0.15) is 0 Å². The molecule has 4 rings (SSSR count). The number of imidazole rings is 1. The number of likely N-dealkylation sites (tertiary alicyclic amines) is 1. The molecule has 1 aliphatic carbocycles. The molecule has 1 aliphatic heterocycles. The second kappa shape index (κ2) is 5.37. The molecule has 2 aliphatic rings. The Morgan fingerprint density at radius 2 is 2.09 bits per heavy atom. The maximum absolute atomic E-state index is 12.6. The molecule has 0 radical (unpaired) electrons. The monoisotopic (exact) mass is 312 g/mol. The number of aromatic nitrogens is 3. The van der Waals surface area contributed by atoms with Gasteiger partial charge in [0.25, 0.3) is 0 Å². The fraction of sp³-hybridized carbons (Fsp3) is 0.471. The zero-order chi connectivity index (χ0) is 16.0. The molecule has 0 saturated carbocycles. The molecule has 0 bridgehead atoms. The summed E-state index contributed by atoms with van der Waals surface area (Å²) in [6.45, 7) is 1.32. The summed E-state index contributed by atoms with van der Waals surface area (Å²) in [5.74, 6) is 0.315. The molecule has 1 fully saturated rings. The van der Waals surface area contributed by atoms with E-state index < -0.39 is 0 Å². The molecule has 1 amide bonds. The van der Waals surface area contributed by atoms with Crippen molar-refractivity contribution in [3.8, 4) is 0 Å². The zero-order valence-electron chi connectivity index (χ0n) is 13.2. The van der Waals surface area contributed by atoms with Crippen molar-refractivity contribution in [1.29, 1.82) is 0 Å². The molecular weight excluding hydrogens is 292 g/mol. The number of hydrogen-bond acceptors (Lipinski definition) is 3. The first kappa shape index (κ1) is 14.2. The van der Waals surface area contributed by atoms with Gasteiger partial charge in [-0.3, -0.25) is 13.9 Å². The maximum atomic E-state index is 12.6. The van der Waals surface area contributed by atoms with Crippen LogP contribution in [0.25, 0.3) is 11.2 Å². The highest BCUT2D eigenvalue weighted by molar-refractivity contribution is 5.80. The first-order valence-electron chi connectivity index (χ1n) is 8.12. The molecule has 0 spiro atoms. The van der Waals surface area contributed by atoms with E-state index in [0.29, 0.717) is 12.2 Å². The summed E-state index contributed by atoms with van der Waals surface area (Å²) < 4.78 is 3.39. The van der Waals surface area contributed by atoms with Crippen molar-refractivity contribution in [2.24, 2.45) is 13.0 Å². The molecule has 6 nitrogen and oxygen atoms in total. The number of amides is 1. The van der Waals surface area contributed by atoms with Crippen LogP contribution in [0.15, 0.2) is 35.3 Å². The van der Waals surface area contributed by atoms with E-state index in [4.69, 9.17) is 0 Å². The van der Waals surface area contributed by atoms with E-state index in [1.54, 1.807) is 22.4 Å². The van der Waals surface area contributed by atoms with Crippen molar-refractivity contribution < 1.29 is 4.79 Å². The minimum Gasteiger partial charge on any atom is -0.340 e. The van der Waals surface area contributed by atoms with Crippen LogP contribution in [0.2, 0.25) is 0 Å². The van der Waals surface area contributed by atoms with Gasteiger partial charge in [0.15, 0.2) is 5.65 Å². The molecule has 120 valence electrons. The van der Waals surface area contributed by atoms with Gasteiger partial charge in [-0.1, -0.05) is 12.2 Å². The molecular formula is C17H20N4O2. The Kier molecular flexibility index (Phi) is 3.32. The van der Waals surface area contributed by atoms with E-state index in [-0.39, 0.29) is 23.6 Å². The molecule has 2 aromatic heterocycles. The fourth-order valence-corrected chi connectivity index (χ4v) is 3.75. The number of pyridine rings is 1. The summed E-state index contributed by atoms with van der Waals surface area (Å²) in [6.07, 6.45) is 8.36. The van der Waals surface area contributed by atoms with Crippen LogP contribution in [0.5, 0.6) is 0 Å². The molecule has 2 aromatic rings. The van der Waals surface area contributed by atoms with Crippen molar-refractivity contribution in [2.75, 3.05) is 13.1 Å². The normalized spacial score (nSPS) is 21.6. The molecule has 3 heterocycles. The van der Waals surface area contributed by atoms with Gasteiger partial charge in [-0.05, 0) is 31.4 Å². The number of fused-ring (bicyclic) bond motifs is 1. The lowest BCUT2D eigenvalue weighted by molar-refractivity contribution is -0.134. The highest BCUT2D eigenvalue weighted by Gasteiger charge is 2.33. The lowest BCUT2D eigenvalue weighted by Crippen LogP contribution is -2.35. The Morgan fingerprint density at radius 3 is 2.87 bits per heavy atom. The third kappa shape index (κ3) is 2.20. The lowest BCUT2D eigenvalue weighted by atomic mass is 10.1. The van der Waals surface area contributed by atoms with Crippen LogP contribution in [-0.2, 0) is 11.8 Å².